The van der Waals surface area contributed by atoms with Crippen LogP contribution < -0.4 is 11.1 Å². The summed E-state index contributed by atoms with van der Waals surface area (Å²) in [5, 5.41) is 3.57. The van der Waals surface area contributed by atoms with E-state index in [2.05, 4.69) is 12.2 Å². The van der Waals surface area contributed by atoms with Crippen molar-refractivity contribution in [1.29, 1.82) is 0 Å². The topological polar surface area (TPSA) is 38.0 Å². The van der Waals surface area contributed by atoms with Gasteiger partial charge in [0, 0.05) is 19.1 Å². The fraction of sp³-hybridized carbons (Fsp3) is 1.00. The highest BCUT2D eigenvalue weighted by Crippen LogP contribution is 2.60. The Bertz CT molecular complexity index is 183. The maximum atomic E-state index is 5.96. The molecule has 0 aliphatic heterocycles. The molecule has 0 aromatic rings. The summed E-state index contributed by atoms with van der Waals surface area (Å²) in [6, 6.07) is 0.370. The summed E-state index contributed by atoms with van der Waals surface area (Å²) in [6.07, 6.45) is 8.27. The molecule has 2 aliphatic rings. The van der Waals surface area contributed by atoms with E-state index in [4.69, 9.17) is 5.73 Å². The quantitative estimate of drug-likeness (QED) is 0.652. The van der Waals surface area contributed by atoms with Gasteiger partial charge in [-0.1, -0.05) is 13.3 Å². The second-order valence-corrected chi connectivity index (χ2v) is 5.32. The average molecular weight is 196 g/mol. The molecule has 1 unspecified atom stereocenters. The Hall–Kier alpha value is -0.0800. The standard InChI is InChI=1S/C12H24N2/c1-2-3-11(13)8-14-9-12(6-7-12)10-4-5-10/h10-11,14H,2-9,13H2,1H3. The first-order chi connectivity index (χ1) is 6.77. The van der Waals surface area contributed by atoms with Crippen LogP contribution in [0.4, 0.5) is 0 Å². The average Bonchev–Trinajstić information content (AvgIpc) is 3.00. The zero-order valence-electron chi connectivity index (χ0n) is 9.39. The monoisotopic (exact) mass is 196 g/mol. The van der Waals surface area contributed by atoms with Crippen molar-refractivity contribution in [3.8, 4) is 0 Å². The van der Waals surface area contributed by atoms with Gasteiger partial charge in [0.2, 0.25) is 0 Å². The molecule has 82 valence electrons. The first kappa shape index (κ1) is 10.4. The molecule has 2 rings (SSSR count). The molecule has 0 amide bonds. The summed E-state index contributed by atoms with van der Waals surface area (Å²) in [5.41, 5.74) is 6.69. The van der Waals surface area contributed by atoms with Crippen LogP contribution in [0, 0.1) is 11.3 Å². The van der Waals surface area contributed by atoms with E-state index >= 15 is 0 Å². The Morgan fingerprint density at radius 3 is 2.64 bits per heavy atom. The highest BCUT2D eigenvalue weighted by molar-refractivity contribution is 5.05. The molecule has 2 fully saturated rings. The lowest BCUT2D eigenvalue weighted by Gasteiger charge is -2.17. The maximum absolute atomic E-state index is 5.96. The van der Waals surface area contributed by atoms with Gasteiger partial charge in [0.05, 0.1) is 0 Å². The van der Waals surface area contributed by atoms with E-state index in [0.717, 1.165) is 24.3 Å². The third-order valence-corrected chi connectivity index (χ3v) is 3.88. The summed E-state index contributed by atoms with van der Waals surface area (Å²) in [4.78, 5) is 0. The second kappa shape index (κ2) is 4.19. The van der Waals surface area contributed by atoms with Crippen LogP contribution in [0.2, 0.25) is 0 Å². The largest absolute Gasteiger partial charge is 0.327 e. The van der Waals surface area contributed by atoms with Gasteiger partial charge < -0.3 is 11.1 Å². The van der Waals surface area contributed by atoms with Crippen molar-refractivity contribution in [3.05, 3.63) is 0 Å². The van der Waals surface area contributed by atoms with Crippen molar-refractivity contribution in [3.63, 3.8) is 0 Å². The minimum atomic E-state index is 0.370. The van der Waals surface area contributed by atoms with E-state index in [1.54, 1.807) is 0 Å². The summed E-state index contributed by atoms with van der Waals surface area (Å²) < 4.78 is 0. The van der Waals surface area contributed by atoms with E-state index in [1.807, 2.05) is 0 Å². The van der Waals surface area contributed by atoms with Crippen LogP contribution in [0.5, 0.6) is 0 Å². The molecule has 0 spiro atoms. The van der Waals surface area contributed by atoms with Gasteiger partial charge in [0.15, 0.2) is 0 Å². The van der Waals surface area contributed by atoms with E-state index in [9.17, 15) is 0 Å². The lowest BCUT2D eigenvalue weighted by atomic mass is 10.0. The van der Waals surface area contributed by atoms with Gasteiger partial charge in [0.1, 0.15) is 0 Å². The molecule has 1 atom stereocenters. The normalized spacial score (nSPS) is 26.1. The van der Waals surface area contributed by atoms with Crippen LogP contribution in [-0.2, 0) is 0 Å². The lowest BCUT2D eigenvalue weighted by molar-refractivity contribution is 0.392. The summed E-state index contributed by atoms with van der Waals surface area (Å²) in [6.45, 7) is 4.45. The minimum Gasteiger partial charge on any atom is -0.327 e. The Labute approximate surface area is 87.6 Å². The van der Waals surface area contributed by atoms with Crippen LogP contribution in [0.15, 0.2) is 0 Å². The second-order valence-electron chi connectivity index (χ2n) is 5.32. The van der Waals surface area contributed by atoms with Crippen LogP contribution in [0.25, 0.3) is 0 Å². The molecule has 2 heteroatoms. The van der Waals surface area contributed by atoms with Crippen molar-refractivity contribution in [2.24, 2.45) is 17.1 Å². The molecule has 3 N–H and O–H groups in total. The third-order valence-electron chi connectivity index (χ3n) is 3.88. The Morgan fingerprint density at radius 1 is 1.43 bits per heavy atom. The first-order valence-electron chi connectivity index (χ1n) is 6.23. The fourth-order valence-corrected chi connectivity index (χ4v) is 2.56. The lowest BCUT2D eigenvalue weighted by Crippen LogP contribution is -2.37. The summed E-state index contributed by atoms with van der Waals surface area (Å²) in [5.74, 6) is 1.07. The van der Waals surface area contributed by atoms with E-state index in [1.165, 1.54) is 38.6 Å². The van der Waals surface area contributed by atoms with Crippen molar-refractivity contribution in [2.75, 3.05) is 13.1 Å². The zero-order valence-corrected chi connectivity index (χ0v) is 9.39. The van der Waals surface area contributed by atoms with Crippen LogP contribution in [0.1, 0.15) is 45.4 Å². The van der Waals surface area contributed by atoms with E-state index in [-0.39, 0.29) is 0 Å². The maximum Gasteiger partial charge on any atom is 0.0165 e. The summed E-state index contributed by atoms with van der Waals surface area (Å²) in [7, 11) is 0. The molecule has 0 bridgehead atoms. The number of nitrogens with two attached hydrogens (primary N) is 1. The van der Waals surface area contributed by atoms with Gasteiger partial charge in [0.25, 0.3) is 0 Å². The van der Waals surface area contributed by atoms with E-state index < -0.39 is 0 Å². The van der Waals surface area contributed by atoms with Gasteiger partial charge in [-0.25, -0.2) is 0 Å². The molecule has 2 nitrogen and oxygen atoms in total. The van der Waals surface area contributed by atoms with Gasteiger partial charge >= 0.3 is 0 Å². The molecular formula is C12H24N2. The van der Waals surface area contributed by atoms with Crippen molar-refractivity contribution in [1.82, 2.24) is 5.32 Å². The predicted molar refractivity (Wildman–Crippen MR) is 60.1 cm³/mol. The smallest absolute Gasteiger partial charge is 0.0165 e. The first-order valence-corrected chi connectivity index (χ1v) is 6.23. The number of hydrogen-bond donors (Lipinski definition) is 2. The van der Waals surface area contributed by atoms with Crippen LogP contribution >= 0.6 is 0 Å². The molecular weight excluding hydrogens is 172 g/mol. The summed E-state index contributed by atoms with van der Waals surface area (Å²) >= 11 is 0. The minimum absolute atomic E-state index is 0.370. The molecule has 2 aliphatic carbocycles. The van der Waals surface area contributed by atoms with Gasteiger partial charge in [-0.15, -0.1) is 0 Å². The van der Waals surface area contributed by atoms with Crippen molar-refractivity contribution < 1.29 is 0 Å². The molecule has 14 heavy (non-hydrogen) atoms. The molecule has 2 saturated carbocycles. The molecule has 0 heterocycles. The Morgan fingerprint density at radius 2 is 2.14 bits per heavy atom. The van der Waals surface area contributed by atoms with Gasteiger partial charge in [-0.2, -0.15) is 0 Å². The molecule has 0 aromatic carbocycles. The Kier molecular flexibility index (Phi) is 3.13. The van der Waals surface area contributed by atoms with Gasteiger partial charge in [-0.05, 0) is 43.4 Å². The fourth-order valence-electron chi connectivity index (χ4n) is 2.56. The van der Waals surface area contributed by atoms with Gasteiger partial charge in [-0.3, -0.25) is 0 Å². The molecule has 0 radical (unpaired) electrons. The number of nitrogens with one attached hydrogen (secondary N) is 1. The van der Waals surface area contributed by atoms with Crippen LogP contribution in [-0.4, -0.2) is 19.1 Å². The van der Waals surface area contributed by atoms with Crippen molar-refractivity contribution >= 4 is 0 Å². The van der Waals surface area contributed by atoms with E-state index in [0.29, 0.717) is 6.04 Å². The van der Waals surface area contributed by atoms with Crippen LogP contribution in [0.3, 0.4) is 0 Å². The highest BCUT2D eigenvalue weighted by atomic mass is 14.9. The molecule has 0 aromatic heterocycles. The Balaban J connectivity index is 1.58. The SMILES string of the molecule is CCCC(N)CNCC1(C2CC2)CC1. The third kappa shape index (κ3) is 2.48. The number of rotatable bonds is 7. The molecule has 0 saturated heterocycles. The zero-order chi connectivity index (χ0) is 10.0. The van der Waals surface area contributed by atoms with Crippen molar-refractivity contribution in [2.45, 2.75) is 51.5 Å². The highest BCUT2D eigenvalue weighted by Gasteiger charge is 2.53. The number of hydrogen-bond acceptors (Lipinski definition) is 2. The predicted octanol–water partition coefficient (Wildman–Crippen LogP) is 1.89.